The standard InChI is InChI=1S/C14H16N2O3/c17-13(16-7-10(8-16)14(18)19)5-9-6-15-12-4-2-1-3-11(9)12/h1-4,9-10,15H,5-8H2,(H,18,19). The van der Waals surface area contributed by atoms with E-state index in [1.165, 1.54) is 5.56 Å². The minimum Gasteiger partial charge on any atom is -0.481 e. The van der Waals surface area contributed by atoms with Crippen molar-refractivity contribution in [2.45, 2.75) is 12.3 Å². The van der Waals surface area contributed by atoms with Gasteiger partial charge in [-0.2, -0.15) is 0 Å². The normalized spacial score (nSPS) is 21.5. The van der Waals surface area contributed by atoms with Gasteiger partial charge in [0.05, 0.1) is 5.92 Å². The van der Waals surface area contributed by atoms with Gasteiger partial charge in [-0.1, -0.05) is 18.2 Å². The van der Waals surface area contributed by atoms with Crippen molar-refractivity contribution in [2.24, 2.45) is 5.92 Å². The summed E-state index contributed by atoms with van der Waals surface area (Å²) in [6.07, 6.45) is 0.455. The molecule has 1 aromatic carbocycles. The van der Waals surface area contributed by atoms with Crippen molar-refractivity contribution in [3.8, 4) is 0 Å². The van der Waals surface area contributed by atoms with Crippen molar-refractivity contribution in [3.05, 3.63) is 29.8 Å². The SMILES string of the molecule is O=C(O)C1CN(C(=O)CC2CNc3ccccc32)C1. The number of aliphatic carboxylic acids is 1. The second-order valence-corrected chi connectivity index (χ2v) is 5.20. The Balaban J connectivity index is 1.59. The van der Waals surface area contributed by atoms with E-state index < -0.39 is 5.97 Å². The Morgan fingerprint density at radius 1 is 1.32 bits per heavy atom. The molecule has 3 rings (SSSR count). The van der Waals surface area contributed by atoms with Gasteiger partial charge < -0.3 is 15.3 Å². The number of nitrogens with zero attached hydrogens (tertiary/aromatic N) is 1. The number of benzene rings is 1. The smallest absolute Gasteiger partial charge is 0.310 e. The maximum Gasteiger partial charge on any atom is 0.310 e. The molecule has 1 unspecified atom stereocenters. The molecule has 2 aliphatic rings. The fraction of sp³-hybridized carbons (Fsp3) is 0.429. The molecule has 0 aliphatic carbocycles. The van der Waals surface area contributed by atoms with Crippen LogP contribution >= 0.6 is 0 Å². The summed E-state index contributed by atoms with van der Waals surface area (Å²) in [5.74, 6) is -0.927. The van der Waals surface area contributed by atoms with Crippen molar-refractivity contribution in [1.29, 1.82) is 0 Å². The molecule has 0 saturated carbocycles. The zero-order valence-corrected chi connectivity index (χ0v) is 10.5. The van der Waals surface area contributed by atoms with E-state index in [0.717, 1.165) is 12.2 Å². The topological polar surface area (TPSA) is 69.6 Å². The average Bonchev–Trinajstić information content (AvgIpc) is 2.70. The monoisotopic (exact) mass is 260 g/mol. The number of nitrogens with one attached hydrogen (secondary N) is 1. The van der Waals surface area contributed by atoms with Crippen LogP contribution in [0.5, 0.6) is 0 Å². The van der Waals surface area contributed by atoms with Gasteiger partial charge in [-0.3, -0.25) is 9.59 Å². The predicted molar refractivity (Wildman–Crippen MR) is 70.0 cm³/mol. The molecule has 2 N–H and O–H groups in total. The van der Waals surface area contributed by atoms with Crippen molar-refractivity contribution in [3.63, 3.8) is 0 Å². The van der Waals surface area contributed by atoms with E-state index in [1.807, 2.05) is 24.3 Å². The number of hydrogen-bond donors (Lipinski definition) is 2. The van der Waals surface area contributed by atoms with Crippen LogP contribution in [0.3, 0.4) is 0 Å². The fourth-order valence-corrected chi connectivity index (χ4v) is 2.72. The quantitative estimate of drug-likeness (QED) is 0.854. The molecular formula is C14H16N2O3. The number of anilines is 1. The second kappa shape index (κ2) is 4.57. The Morgan fingerprint density at radius 2 is 2.05 bits per heavy atom. The molecule has 1 amide bonds. The highest BCUT2D eigenvalue weighted by Crippen LogP contribution is 2.34. The van der Waals surface area contributed by atoms with Crippen LogP contribution in [-0.2, 0) is 9.59 Å². The molecule has 0 bridgehead atoms. The molecule has 5 heteroatoms. The van der Waals surface area contributed by atoms with Crippen molar-refractivity contribution < 1.29 is 14.7 Å². The summed E-state index contributed by atoms with van der Waals surface area (Å²) in [6.45, 7) is 1.49. The van der Waals surface area contributed by atoms with Gasteiger partial charge in [0.2, 0.25) is 5.91 Å². The molecule has 2 aliphatic heterocycles. The summed E-state index contributed by atoms with van der Waals surface area (Å²) >= 11 is 0. The lowest BCUT2D eigenvalue weighted by Crippen LogP contribution is -2.53. The van der Waals surface area contributed by atoms with Gasteiger partial charge in [0.25, 0.3) is 0 Å². The molecule has 0 spiro atoms. The van der Waals surface area contributed by atoms with Crippen LogP contribution in [-0.4, -0.2) is 41.5 Å². The first kappa shape index (κ1) is 12.0. The van der Waals surface area contributed by atoms with E-state index in [2.05, 4.69) is 5.32 Å². The summed E-state index contributed by atoms with van der Waals surface area (Å²) in [6, 6.07) is 8.02. The number of amides is 1. The molecule has 19 heavy (non-hydrogen) atoms. The third-order valence-electron chi connectivity index (χ3n) is 3.94. The lowest BCUT2D eigenvalue weighted by molar-refractivity contribution is -0.152. The highest BCUT2D eigenvalue weighted by molar-refractivity contribution is 5.82. The highest BCUT2D eigenvalue weighted by atomic mass is 16.4. The Morgan fingerprint density at radius 3 is 2.79 bits per heavy atom. The summed E-state index contributed by atoms with van der Waals surface area (Å²) in [7, 11) is 0. The Labute approximate surface area is 111 Å². The van der Waals surface area contributed by atoms with Crippen LogP contribution in [0.1, 0.15) is 17.9 Å². The number of para-hydroxylation sites is 1. The zero-order valence-electron chi connectivity index (χ0n) is 10.5. The maximum atomic E-state index is 12.1. The molecule has 1 fully saturated rings. The number of carboxylic acid groups (broad SMARTS) is 1. The van der Waals surface area contributed by atoms with Gasteiger partial charge in [-0.15, -0.1) is 0 Å². The van der Waals surface area contributed by atoms with Gasteiger partial charge in [-0.25, -0.2) is 0 Å². The summed E-state index contributed by atoms with van der Waals surface area (Å²) in [4.78, 5) is 24.4. The van der Waals surface area contributed by atoms with E-state index in [1.54, 1.807) is 4.90 Å². The molecule has 1 aromatic rings. The second-order valence-electron chi connectivity index (χ2n) is 5.20. The van der Waals surface area contributed by atoms with Crippen molar-refractivity contribution >= 4 is 17.6 Å². The third kappa shape index (κ3) is 2.16. The van der Waals surface area contributed by atoms with Gasteiger partial charge in [0, 0.05) is 37.7 Å². The summed E-state index contributed by atoms with van der Waals surface area (Å²) in [5, 5.41) is 12.1. The van der Waals surface area contributed by atoms with Crippen molar-refractivity contribution in [1.82, 2.24) is 4.90 Å². The molecule has 5 nitrogen and oxygen atoms in total. The number of carbonyl (C=O) groups is 2. The van der Waals surface area contributed by atoms with E-state index in [9.17, 15) is 9.59 Å². The van der Waals surface area contributed by atoms with Crippen LogP contribution in [0.4, 0.5) is 5.69 Å². The minimum absolute atomic E-state index is 0.0565. The number of rotatable bonds is 3. The molecule has 1 saturated heterocycles. The molecule has 0 aromatic heterocycles. The number of carbonyl (C=O) groups excluding carboxylic acids is 1. The van der Waals surface area contributed by atoms with Crippen LogP contribution in [0.15, 0.2) is 24.3 Å². The van der Waals surface area contributed by atoms with E-state index in [-0.39, 0.29) is 17.7 Å². The lowest BCUT2D eigenvalue weighted by atomic mass is 9.94. The first-order chi connectivity index (χ1) is 9.15. The van der Waals surface area contributed by atoms with Crippen LogP contribution < -0.4 is 5.32 Å². The largest absolute Gasteiger partial charge is 0.481 e. The summed E-state index contributed by atoms with van der Waals surface area (Å²) in [5.41, 5.74) is 2.29. The van der Waals surface area contributed by atoms with Crippen LogP contribution in [0, 0.1) is 5.92 Å². The van der Waals surface area contributed by atoms with Crippen LogP contribution in [0.2, 0.25) is 0 Å². The fourth-order valence-electron chi connectivity index (χ4n) is 2.72. The number of carboxylic acids is 1. The summed E-state index contributed by atoms with van der Waals surface area (Å²) < 4.78 is 0. The number of hydrogen-bond acceptors (Lipinski definition) is 3. The van der Waals surface area contributed by atoms with Crippen LogP contribution in [0.25, 0.3) is 0 Å². The van der Waals surface area contributed by atoms with Crippen molar-refractivity contribution in [2.75, 3.05) is 25.0 Å². The zero-order chi connectivity index (χ0) is 13.4. The lowest BCUT2D eigenvalue weighted by Gasteiger charge is -2.37. The van der Waals surface area contributed by atoms with Gasteiger partial charge in [0.15, 0.2) is 0 Å². The van der Waals surface area contributed by atoms with E-state index in [4.69, 9.17) is 5.11 Å². The van der Waals surface area contributed by atoms with Gasteiger partial charge in [-0.05, 0) is 11.6 Å². The molecule has 0 radical (unpaired) electrons. The van der Waals surface area contributed by atoms with E-state index in [0.29, 0.717) is 19.5 Å². The van der Waals surface area contributed by atoms with Gasteiger partial charge >= 0.3 is 5.97 Å². The number of likely N-dealkylation sites (tertiary alicyclic amines) is 1. The Kier molecular flexibility index (Phi) is 2.89. The first-order valence-corrected chi connectivity index (χ1v) is 6.48. The van der Waals surface area contributed by atoms with Gasteiger partial charge in [0.1, 0.15) is 0 Å². The van der Waals surface area contributed by atoms with E-state index >= 15 is 0 Å². The molecule has 1 atom stereocenters. The molecule has 100 valence electrons. The average molecular weight is 260 g/mol. The molecular weight excluding hydrogens is 244 g/mol. The first-order valence-electron chi connectivity index (χ1n) is 6.48. The third-order valence-corrected chi connectivity index (χ3v) is 3.94. The maximum absolute atomic E-state index is 12.1. The predicted octanol–water partition coefficient (Wildman–Crippen LogP) is 1.13. The Hall–Kier alpha value is -2.04. The number of fused-ring (bicyclic) bond motifs is 1. The highest BCUT2D eigenvalue weighted by Gasteiger charge is 2.36. The molecule has 2 heterocycles. The minimum atomic E-state index is -0.808. The Bertz CT molecular complexity index is 523.